The fourth-order valence-electron chi connectivity index (χ4n) is 7.12. The van der Waals surface area contributed by atoms with Crippen LogP contribution in [0.3, 0.4) is 0 Å². The SMILES string of the molecule is CC1(Nc2ccc(-c3ccccc3)cc2)C=CC(c2ccc(Nc3ccccc3-c3cccc(-c4ccccc4)c3)cc2)=CC1c1ccccc1. The molecule has 0 aromatic heterocycles. The van der Waals surface area contributed by atoms with E-state index in [4.69, 9.17) is 0 Å². The lowest BCUT2D eigenvalue weighted by Gasteiger charge is -2.39. The second-order valence-corrected chi connectivity index (χ2v) is 13.4. The van der Waals surface area contributed by atoms with Gasteiger partial charge in [-0.1, -0.05) is 170 Å². The Morgan fingerprint density at radius 1 is 0.451 bits per heavy atom. The van der Waals surface area contributed by atoms with E-state index in [2.05, 4.69) is 224 Å². The van der Waals surface area contributed by atoms with Crippen LogP contribution in [-0.2, 0) is 0 Å². The van der Waals surface area contributed by atoms with Crippen molar-refractivity contribution in [3.05, 3.63) is 217 Å². The van der Waals surface area contributed by atoms with Gasteiger partial charge >= 0.3 is 0 Å². The highest BCUT2D eigenvalue weighted by atomic mass is 15.0. The summed E-state index contributed by atoms with van der Waals surface area (Å²) in [6.07, 6.45) is 7.01. The molecule has 0 fully saturated rings. The van der Waals surface area contributed by atoms with Gasteiger partial charge < -0.3 is 10.6 Å². The minimum Gasteiger partial charge on any atom is -0.375 e. The molecule has 2 atom stereocenters. The van der Waals surface area contributed by atoms with Gasteiger partial charge in [0.25, 0.3) is 0 Å². The Morgan fingerprint density at radius 3 is 1.69 bits per heavy atom. The Labute approximate surface area is 301 Å². The third-order valence-corrected chi connectivity index (χ3v) is 9.87. The number of para-hydroxylation sites is 1. The van der Waals surface area contributed by atoms with Crippen molar-refractivity contribution in [2.75, 3.05) is 10.6 Å². The van der Waals surface area contributed by atoms with Gasteiger partial charge in [-0.3, -0.25) is 0 Å². The van der Waals surface area contributed by atoms with E-state index in [1.54, 1.807) is 0 Å². The van der Waals surface area contributed by atoms with Crippen molar-refractivity contribution in [2.24, 2.45) is 0 Å². The monoisotopic (exact) mass is 656 g/mol. The highest BCUT2D eigenvalue weighted by Crippen LogP contribution is 2.41. The summed E-state index contributed by atoms with van der Waals surface area (Å²) >= 11 is 0. The van der Waals surface area contributed by atoms with Crippen LogP contribution in [0.15, 0.2) is 206 Å². The molecule has 0 bridgehead atoms. The number of anilines is 3. The lowest BCUT2D eigenvalue weighted by molar-refractivity contribution is 0.564. The van der Waals surface area contributed by atoms with Crippen molar-refractivity contribution < 1.29 is 0 Å². The van der Waals surface area contributed by atoms with Gasteiger partial charge in [-0.2, -0.15) is 0 Å². The van der Waals surface area contributed by atoms with Crippen LogP contribution in [0.25, 0.3) is 39.0 Å². The van der Waals surface area contributed by atoms with Gasteiger partial charge in [0.15, 0.2) is 0 Å². The summed E-state index contributed by atoms with van der Waals surface area (Å²) in [4.78, 5) is 0. The van der Waals surface area contributed by atoms with E-state index in [0.29, 0.717) is 0 Å². The highest BCUT2D eigenvalue weighted by Gasteiger charge is 2.34. The fraction of sp³-hybridized carbons (Fsp3) is 0.0612. The Hall–Kier alpha value is -6.38. The third kappa shape index (κ3) is 7.04. The number of nitrogens with one attached hydrogen (secondary N) is 2. The zero-order valence-electron chi connectivity index (χ0n) is 28.7. The Balaban J connectivity index is 1.03. The molecular weight excluding hydrogens is 617 g/mol. The van der Waals surface area contributed by atoms with Crippen LogP contribution < -0.4 is 10.6 Å². The first kappa shape index (κ1) is 31.9. The lowest BCUT2D eigenvalue weighted by Crippen LogP contribution is -2.40. The first-order valence-electron chi connectivity index (χ1n) is 17.6. The standard InChI is InChI=1S/C49H40N2/c1-49(51-45-30-26-38(27-31-45)36-14-5-2-6-15-36)33-32-42(35-47(49)40-18-9-4-10-19-40)39-24-28-44(29-25-39)50-48-23-12-11-22-46(48)43-21-13-20-41(34-43)37-16-7-3-8-17-37/h2-35,47,50-51H,1H3. The van der Waals surface area contributed by atoms with E-state index in [-0.39, 0.29) is 11.5 Å². The summed E-state index contributed by atoms with van der Waals surface area (Å²) in [5, 5.41) is 7.59. The van der Waals surface area contributed by atoms with Gasteiger partial charge in [0.1, 0.15) is 0 Å². The Kier molecular flexibility index (Phi) is 8.89. The fourth-order valence-corrected chi connectivity index (χ4v) is 7.12. The van der Waals surface area contributed by atoms with Crippen LogP contribution >= 0.6 is 0 Å². The maximum atomic E-state index is 3.88. The Bertz CT molecular complexity index is 2290. The number of hydrogen-bond acceptors (Lipinski definition) is 2. The summed E-state index contributed by atoms with van der Waals surface area (Å²) in [5.41, 5.74) is 13.8. The van der Waals surface area contributed by atoms with E-state index >= 15 is 0 Å². The molecule has 2 unspecified atom stereocenters. The molecule has 0 heterocycles. The number of hydrogen-bond donors (Lipinski definition) is 2. The molecule has 51 heavy (non-hydrogen) atoms. The molecular formula is C49H40N2. The van der Waals surface area contributed by atoms with Gasteiger partial charge in [0, 0.05) is 28.5 Å². The summed E-state index contributed by atoms with van der Waals surface area (Å²) in [5.74, 6) is 0.129. The molecule has 0 spiro atoms. The van der Waals surface area contributed by atoms with E-state index < -0.39 is 0 Å². The number of allylic oxidation sites excluding steroid dienone is 2. The zero-order valence-corrected chi connectivity index (χ0v) is 28.7. The minimum absolute atomic E-state index is 0.129. The smallest absolute Gasteiger partial charge is 0.0634 e. The molecule has 2 nitrogen and oxygen atoms in total. The van der Waals surface area contributed by atoms with Crippen LogP contribution in [0.1, 0.15) is 24.0 Å². The predicted octanol–water partition coefficient (Wildman–Crippen LogP) is 13.0. The molecule has 0 saturated heterocycles. The first-order chi connectivity index (χ1) is 25.1. The van der Waals surface area contributed by atoms with Gasteiger partial charge in [-0.05, 0) is 87.8 Å². The van der Waals surface area contributed by atoms with Crippen LogP contribution in [0.2, 0.25) is 0 Å². The van der Waals surface area contributed by atoms with Gasteiger partial charge in [0.2, 0.25) is 0 Å². The molecule has 0 aliphatic heterocycles. The molecule has 246 valence electrons. The van der Waals surface area contributed by atoms with Crippen molar-refractivity contribution in [1.29, 1.82) is 0 Å². The molecule has 0 radical (unpaired) electrons. The van der Waals surface area contributed by atoms with Crippen LogP contribution in [0.4, 0.5) is 17.1 Å². The molecule has 1 aliphatic rings. The summed E-state index contributed by atoms with van der Waals surface area (Å²) in [6, 6.07) is 66.7. The molecule has 7 aromatic carbocycles. The largest absolute Gasteiger partial charge is 0.375 e. The van der Waals surface area contributed by atoms with Crippen molar-refractivity contribution in [3.63, 3.8) is 0 Å². The summed E-state index contributed by atoms with van der Waals surface area (Å²) < 4.78 is 0. The topological polar surface area (TPSA) is 24.1 Å². The lowest BCUT2D eigenvalue weighted by atomic mass is 9.75. The van der Waals surface area contributed by atoms with E-state index in [9.17, 15) is 0 Å². The maximum absolute atomic E-state index is 3.88. The van der Waals surface area contributed by atoms with Crippen LogP contribution in [0, 0.1) is 0 Å². The summed E-state index contributed by atoms with van der Waals surface area (Å²) in [6.45, 7) is 2.29. The molecule has 1 aliphatic carbocycles. The molecule has 8 rings (SSSR count). The second-order valence-electron chi connectivity index (χ2n) is 13.4. The van der Waals surface area contributed by atoms with Gasteiger partial charge in [-0.15, -0.1) is 0 Å². The quantitative estimate of drug-likeness (QED) is 0.162. The van der Waals surface area contributed by atoms with Crippen LogP contribution in [-0.4, -0.2) is 5.54 Å². The zero-order chi connectivity index (χ0) is 34.5. The van der Waals surface area contributed by atoms with E-state index in [0.717, 1.165) is 17.1 Å². The second kappa shape index (κ2) is 14.2. The van der Waals surface area contributed by atoms with Gasteiger partial charge in [-0.25, -0.2) is 0 Å². The number of rotatable bonds is 9. The average molecular weight is 657 g/mol. The Morgan fingerprint density at radius 2 is 0.980 bits per heavy atom. The van der Waals surface area contributed by atoms with Crippen LogP contribution in [0.5, 0.6) is 0 Å². The molecule has 7 aromatic rings. The number of benzene rings is 7. The first-order valence-corrected chi connectivity index (χ1v) is 17.6. The molecule has 2 N–H and O–H groups in total. The normalized spacial score (nSPS) is 16.6. The van der Waals surface area contributed by atoms with E-state index in [1.807, 2.05) is 0 Å². The molecule has 0 saturated carbocycles. The third-order valence-electron chi connectivity index (χ3n) is 9.87. The molecule has 0 amide bonds. The van der Waals surface area contributed by atoms with Gasteiger partial charge in [0.05, 0.1) is 5.54 Å². The van der Waals surface area contributed by atoms with E-state index in [1.165, 1.54) is 50.1 Å². The van der Waals surface area contributed by atoms with Crippen molar-refractivity contribution in [3.8, 4) is 33.4 Å². The summed E-state index contributed by atoms with van der Waals surface area (Å²) in [7, 11) is 0. The van der Waals surface area contributed by atoms with Crippen molar-refractivity contribution in [1.82, 2.24) is 0 Å². The van der Waals surface area contributed by atoms with Crippen molar-refractivity contribution >= 4 is 22.6 Å². The highest BCUT2D eigenvalue weighted by molar-refractivity contribution is 5.84. The maximum Gasteiger partial charge on any atom is 0.0634 e. The minimum atomic E-state index is -0.317. The average Bonchev–Trinajstić information content (AvgIpc) is 3.20. The van der Waals surface area contributed by atoms with Crippen molar-refractivity contribution in [2.45, 2.75) is 18.4 Å². The predicted molar refractivity (Wildman–Crippen MR) is 217 cm³/mol. The molecule has 2 heteroatoms.